The molecule has 1 aliphatic rings. The summed E-state index contributed by atoms with van der Waals surface area (Å²) in [6, 6.07) is 0. The van der Waals surface area contributed by atoms with E-state index in [0.717, 1.165) is 17.4 Å². The van der Waals surface area contributed by atoms with Crippen molar-refractivity contribution < 1.29 is 5.11 Å². The Morgan fingerprint density at radius 1 is 0.769 bits per heavy atom. The molecule has 0 aromatic heterocycles. The van der Waals surface area contributed by atoms with E-state index >= 15 is 0 Å². The molecule has 1 unspecified atom stereocenters. The molecule has 0 aromatic rings. The van der Waals surface area contributed by atoms with E-state index < -0.39 is 0 Å². The SMILES string of the molecule is CCS(C)(CCCCCCCCCCCSCCCO)C1CCCCC1. The molecule has 1 saturated carbocycles. The first-order valence-electron chi connectivity index (χ1n) is 11.6. The summed E-state index contributed by atoms with van der Waals surface area (Å²) in [5.41, 5.74) is 0. The van der Waals surface area contributed by atoms with Crippen LogP contribution in [-0.2, 0) is 0 Å². The Bertz CT molecular complexity index is 305. The third kappa shape index (κ3) is 11.5. The smallest absolute Gasteiger partial charge is 0.0438 e. The summed E-state index contributed by atoms with van der Waals surface area (Å²) in [5.74, 6) is 5.45. The highest BCUT2D eigenvalue weighted by Crippen LogP contribution is 2.54. The summed E-state index contributed by atoms with van der Waals surface area (Å²) in [6.45, 7) is 2.82. The van der Waals surface area contributed by atoms with Crippen molar-refractivity contribution in [1.82, 2.24) is 0 Å². The Morgan fingerprint density at radius 2 is 1.31 bits per heavy atom. The number of rotatable bonds is 17. The van der Waals surface area contributed by atoms with Crippen molar-refractivity contribution in [3.63, 3.8) is 0 Å². The van der Waals surface area contributed by atoms with Gasteiger partial charge in [-0.3, -0.25) is 0 Å². The Labute approximate surface area is 171 Å². The van der Waals surface area contributed by atoms with E-state index in [4.69, 9.17) is 5.11 Å². The van der Waals surface area contributed by atoms with Crippen LogP contribution < -0.4 is 0 Å². The van der Waals surface area contributed by atoms with Gasteiger partial charge in [0, 0.05) is 6.61 Å². The number of thioether (sulfide) groups is 1. The van der Waals surface area contributed by atoms with E-state index in [9.17, 15) is 0 Å². The summed E-state index contributed by atoms with van der Waals surface area (Å²) in [7, 11) is -0.311. The van der Waals surface area contributed by atoms with E-state index in [2.05, 4.69) is 13.2 Å². The second kappa shape index (κ2) is 16.6. The second-order valence-corrected chi connectivity index (χ2v) is 14.1. The average molecular weight is 405 g/mol. The van der Waals surface area contributed by atoms with Gasteiger partial charge in [0.05, 0.1) is 0 Å². The summed E-state index contributed by atoms with van der Waals surface area (Å²) in [6.07, 6.45) is 24.3. The Hall–Kier alpha value is 0.660. The van der Waals surface area contributed by atoms with Gasteiger partial charge in [0.2, 0.25) is 0 Å². The summed E-state index contributed by atoms with van der Waals surface area (Å²) in [4.78, 5) is 0. The first kappa shape index (κ1) is 24.7. The molecule has 26 heavy (non-hydrogen) atoms. The van der Waals surface area contributed by atoms with E-state index in [1.54, 1.807) is 18.6 Å². The molecule has 1 aliphatic carbocycles. The molecule has 1 atom stereocenters. The van der Waals surface area contributed by atoms with Gasteiger partial charge in [-0.05, 0) is 66.6 Å². The minimum absolute atomic E-state index is 0.311. The van der Waals surface area contributed by atoms with Crippen molar-refractivity contribution in [2.45, 2.75) is 108 Å². The van der Waals surface area contributed by atoms with Gasteiger partial charge in [-0.1, -0.05) is 71.1 Å². The molecular weight excluding hydrogens is 356 g/mol. The molecule has 0 saturated heterocycles. The third-order valence-electron chi connectivity index (χ3n) is 6.36. The summed E-state index contributed by atoms with van der Waals surface area (Å²) < 4.78 is 0. The molecule has 158 valence electrons. The molecule has 0 radical (unpaired) electrons. The third-order valence-corrected chi connectivity index (χ3v) is 12.1. The van der Waals surface area contributed by atoms with Crippen molar-refractivity contribution in [2.75, 3.05) is 35.9 Å². The fourth-order valence-electron chi connectivity index (χ4n) is 4.32. The van der Waals surface area contributed by atoms with Crippen LogP contribution in [-0.4, -0.2) is 46.2 Å². The molecule has 3 heteroatoms. The number of aliphatic hydroxyl groups is 1. The van der Waals surface area contributed by atoms with E-state index in [1.807, 2.05) is 11.8 Å². The molecule has 1 rings (SSSR count). The molecule has 0 aliphatic heterocycles. The highest BCUT2D eigenvalue weighted by molar-refractivity contribution is 8.33. The molecule has 0 aromatic carbocycles. The number of unbranched alkanes of at least 4 members (excludes halogenated alkanes) is 8. The van der Waals surface area contributed by atoms with Gasteiger partial charge in [0.25, 0.3) is 0 Å². The van der Waals surface area contributed by atoms with Crippen LogP contribution in [0.2, 0.25) is 0 Å². The quantitative estimate of drug-likeness (QED) is 0.255. The van der Waals surface area contributed by atoms with E-state index in [-0.39, 0.29) is 10.0 Å². The molecule has 1 nitrogen and oxygen atoms in total. The lowest BCUT2D eigenvalue weighted by Gasteiger charge is -2.45. The zero-order valence-corrected chi connectivity index (χ0v) is 19.6. The van der Waals surface area contributed by atoms with Crippen molar-refractivity contribution in [3.8, 4) is 0 Å². The van der Waals surface area contributed by atoms with Gasteiger partial charge < -0.3 is 5.11 Å². The standard InChI is InChI=1S/C23H48OS2/c1-3-26(2,23-17-12-11-13-18-23)22-15-10-8-6-4-5-7-9-14-20-25-21-16-19-24/h23-24H,3-22H2,1-2H3. The van der Waals surface area contributed by atoms with Crippen LogP contribution in [0.5, 0.6) is 0 Å². The molecule has 1 fully saturated rings. The van der Waals surface area contributed by atoms with Crippen LogP contribution in [0.1, 0.15) is 103 Å². The number of hydrogen-bond donors (Lipinski definition) is 1. The first-order valence-corrected chi connectivity index (χ1v) is 15.2. The summed E-state index contributed by atoms with van der Waals surface area (Å²) in [5, 5.41) is 9.84. The molecule has 0 amide bonds. The van der Waals surface area contributed by atoms with Crippen LogP contribution in [0.25, 0.3) is 0 Å². The van der Waals surface area contributed by atoms with Gasteiger partial charge in [-0.2, -0.15) is 11.8 Å². The lowest BCUT2D eigenvalue weighted by atomic mass is 10.0. The van der Waals surface area contributed by atoms with E-state index in [1.165, 1.54) is 88.6 Å². The summed E-state index contributed by atoms with van der Waals surface area (Å²) >= 11 is 2.01. The number of aliphatic hydroxyl groups excluding tert-OH is 1. The molecular formula is C23H48OS2. The maximum absolute atomic E-state index is 8.74. The van der Waals surface area contributed by atoms with Crippen molar-refractivity contribution in [1.29, 1.82) is 0 Å². The molecule has 0 spiro atoms. The van der Waals surface area contributed by atoms with Crippen LogP contribution in [0.15, 0.2) is 0 Å². The Kier molecular flexibility index (Phi) is 15.8. The number of hydrogen-bond acceptors (Lipinski definition) is 2. The van der Waals surface area contributed by atoms with Crippen molar-refractivity contribution in [3.05, 3.63) is 0 Å². The average Bonchev–Trinajstić information content (AvgIpc) is 2.68. The predicted molar refractivity (Wildman–Crippen MR) is 126 cm³/mol. The first-order chi connectivity index (χ1) is 12.7. The molecule has 0 heterocycles. The Balaban J connectivity index is 1.89. The van der Waals surface area contributed by atoms with Crippen LogP contribution in [0, 0.1) is 0 Å². The van der Waals surface area contributed by atoms with Gasteiger partial charge in [-0.25, -0.2) is 10.0 Å². The van der Waals surface area contributed by atoms with Gasteiger partial charge in [0.15, 0.2) is 0 Å². The monoisotopic (exact) mass is 404 g/mol. The second-order valence-electron chi connectivity index (χ2n) is 8.47. The van der Waals surface area contributed by atoms with Gasteiger partial charge in [-0.15, -0.1) is 0 Å². The fourth-order valence-corrected chi connectivity index (χ4v) is 8.70. The minimum atomic E-state index is -0.311. The zero-order valence-electron chi connectivity index (χ0n) is 18.0. The zero-order chi connectivity index (χ0) is 18.9. The lowest BCUT2D eigenvalue weighted by Crippen LogP contribution is -2.24. The molecule has 1 N–H and O–H groups in total. The van der Waals surface area contributed by atoms with Crippen molar-refractivity contribution in [2.24, 2.45) is 0 Å². The van der Waals surface area contributed by atoms with Crippen LogP contribution in [0.3, 0.4) is 0 Å². The fraction of sp³-hybridized carbons (Fsp3) is 1.00. The normalized spacial score (nSPS) is 19.3. The minimum Gasteiger partial charge on any atom is -0.396 e. The predicted octanol–water partition coefficient (Wildman–Crippen LogP) is 7.40. The van der Waals surface area contributed by atoms with Crippen molar-refractivity contribution >= 4 is 21.8 Å². The largest absolute Gasteiger partial charge is 0.396 e. The highest BCUT2D eigenvalue weighted by atomic mass is 32.3. The maximum atomic E-state index is 8.74. The lowest BCUT2D eigenvalue weighted by molar-refractivity contribution is 0.296. The highest BCUT2D eigenvalue weighted by Gasteiger charge is 2.28. The maximum Gasteiger partial charge on any atom is 0.0438 e. The van der Waals surface area contributed by atoms with Gasteiger partial charge >= 0.3 is 0 Å². The van der Waals surface area contributed by atoms with Gasteiger partial charge in [0.1, 0.15) is 0 Å². The Morgan fingerprint density at radius 3 is 1.88 bits per heavy atom. The topological polar surface area (TPSA) is 20.2 Å². The van der Waals surface area contributed by atoms with Crippen LogP contribution >= 0.6 is 21.8 Å². The van der Waals surface area contributed by atoms with E-state index in [0.29, 0.717) is 6.61 Å². The molecule has 0 bridgehead atoms. The van der Waals surface area contributed by atoms with Crippen LogP contribution in [0.4, 0.5) is 0 Å².